The van der Waals surface area contributed by atoms with Crippen LogP contribution < -0.4 is 0 Å². The van der Waals surface area contributed by atoms with Crippen LogP contribution in [0.5, 0.6) is 0 Å². The molecule has 0 aliphatic rings. The van der Waals surface area contributed by atoms with E-state index in [4.69, 9.17) is 4.74 Å². The summed E-state index contributed by atoms with van der Waals surface area (Å²) in [5.41, 5.74) is 1.51. The average molecular weight is 390 g/mol. The molecule has 0 spiro atoms. The lowest BCUT2D eigenvalue weighted by Gasteiger charge is -2.03. The van der Waals surface area contributed by atoms with Gasteiger partial charge in [-0.05, 0) is 23.8 Å². The Hall–Kier alpha value is -4.45. The van der Waals surface area contributed by atoms with Crippen LogP contribution in [-0.2, 0) is 9.53 Å². The van der Waals surface area contributed by atoms with E-state index in [1.165, 1.54) is 24.3 Å². The minimum atomic E-state index is -0.787. The molecule has 2 aromatic carbocycles. The number of para-hydroxylation sites is 2. The molecule has 1 heterocycles. The molecule has 0 fully saturated rings. The summed E-state index contributed by atoms with van der Waals surface area (Å²) in [6, 6.07) is 14.7. The SMILES string of the molecule is N#CC(=C(O)COC(=O)C=Cc1cccc([N+](=O)[O-])c1)c1nc2ccccc2[nH]1. The summed E-state index contributed by atoms with van der Waals surface area (Å²) in [5.74, 6) is -1.08. The number of nitro benzene ring substituents is 1. The summed E-state index contributed by atoms with van der Waals surface area (Å²) < 4.78 is 4.92. The van der Waals surface area contributed by atoms with Crippen LogP contribution in [0.25, 0.3) is 22.7 Å². The fourth-order valence-electron chi connectivity index (χ4n) is 2.49. The minimum absolute atomic E-state index is 0.106. The van der Waals surface area contributed by atoms with Gasteiger partial charge in [0, 0.05) is 18.2 Å². The molecule has 1 aromatic heterocycles. The number of nitrogens with one attached hydrogen (secondary N) is 1. The summed E-state index contributed by atoms with van der Waals surface area (Å²) in [5, 5.41) is 30.2. The second-order valence-corrected chi connectivity index (χ2v) is 5.83. The molecule has 0 unspecified atom stereocenters. The first-order valence-electron chi connectivity index (χ1n) is 8.34. The molecule has 144 valence electrons. The number of aliphatic hydroxyl groups excluding tert-OH is 1. The zero-order valence-corrected chi connectivity index (χ0v) is 14.9. The smallest absolute Gasteiger partial charge is 0.331 e. The standard InChI is InChI=1S/C20H14N4O5/c21-11-15(20-22-16-6-1-2-7-17(16)23-20)18(25)12-29-19(26)9-8-13-4-3-5-14(10-13)24(27)28/h1-10,25H,12H2,(H,22,23). The van der Waals surface area contributed by atoms with E-state index < -0.39 is 23.3 Å². The number of hydrogen-bond acceptors (Lipinski definition) is 7. The van der Waals surface area contributed by atoms with Gasteiger partial charge in [-0.3, -0.25) is 10.1 Å². The van der Waals surface area contributed by atoms with Crippen LogP contribution in [0.2, 0.25) is 0 Å². The van der Waals surface area contributed by atoms with Crippen LogP contribution in [0.4, 0.5) is 5.69 Å². The lowest BCUT2D eigenvalue weighted by Crippen LogP contribution is -2.06. The second kappa shape index (κ2) is 8.49. The highest BCUT2D eigenvalue weighted by Gasteiger charge is 2.14. The molecule has 29 heavy (non-hydrogen) atoms. The minimum Gasteiger partial charge on any atom is -0.507 e. The van der Waals surface area contributed by atoms with Crippen LogP contribution in [0.1, 0.15) is 11.4 Å². The van der Waals surface area contributed by atoms with E-state index in [1.807, 2.05) is 6.07 Å². The van der Waals surface area contributed by atoms with E-state index in [0.29, 0.717) is 16.6 Å². The van der Waals surface area contributed by atoms with Crippen molar-refractivity contribution in [3.63, 3.8) is 0 Å². The van der Waals surface area contributed by atoms with Gasteiger partial charge >= 0.3 is 5.97 Å². The molecule has 0 radical (unpaired) electrons. The van der Waals surface area contributed by atoms with Crippen LogP contribution >= 0.6 is 0 Å². The lowest BCUT2D eigenvalue weighted by molar-refractivity contribution is -0.384. The van der Waals surface area contributed by atoms with Gasteiger partial charge < -0.3 is 14.8 Å². The number of H-pyrrole nitrogens is 1. The first-order chi connectivity index (χ1) is 14.0. The quantitative estimate of drug-likeness (QED) is 0.164. The van der Waals surface area contributed by atoms with Crippen molar-refractivity contribution in [2.24, 2.45) is 0 Å². The van der Waals surface area contributed by atoms with E-state index in [9.17, 15) is 25.3 Å². The predicted molar refractivity (Wildman–Crippen MR) is 104 cm³/mol. The zero-order chi connectivity index (χ0) is 20.8. The van der Waals surface area contributed by atoms with Crippen LogP contribution in [0.15, 0.2) is 60.4 Å². The van der Waals surface area contributed by atoms with Gasteiger partial charge in [0.05, 0.1) is 16.0 Å². The number of carbonyl (C=O) groups excluding carboxylic acids is 1. The number of aromatic amines is 1. The number of imidazole rings is 1. The Morgan fingerprint density at radius 3 is 2.83 bits per heavy atom. The van der Waals surface area contributed by atoms with Crippen LogP contribution in [-0.4, -0.2) is 32.6 Å². The number of fused-ring (bicyclic) bond motifs is 1. The topological polar surface area (TPSA) is 142 Å². The number of nitrogens with zero attached hydrogens (tertiary/aromatic N) is 3. The summed E-state index contributed by atoms with van der Waals surface area (Å²) in [6.07, 6.45) is 2.42. The van der Waals surface area contributed by atoms with Crippen molar-refractivity contribution >= 4 is 34.3 Å². The molecule has 0 aliphatic heterocycles. The highest BCUT2D eigenvalue weighted by Crippen LogP contribution is 2.19. The van der Waals surface area contributed by atoms with Crippen molar-refractivity contribution in [2.45, 2.75) is 0 Å². The van der Waals surface area contributed by atoms with Gasteiger partial charge in [-0.1, -0.05) is 24.3 Å². The number of allylic oxidation sites excluding steroid dienone is 1. The van der Waals surface area contributed by atoms with Gasteiger partial charge in [0.1, 0.15) is 18.2 Å². The van der Waals surface area contributed by atoms with Crippen molar-refractivity contribution < 1.29 is 19.6 Å². The first kappa shape index (κ1) is 19.3. The lowest BCUT2D eigenvalue weighted by atomic mass is 10.2. The number of esters is 1. The highest BCUT2D eigenvalue weighted by molar-refractivity contribution is 5.87. The number of ether oxygens (including phenoxy) is 1. The van der Waals surface area contributed by atoms with Gasteiger partial charge in [0.2, 0.25) is 0 Å². The molecule has 2 N–H and O–H groups in total. The summed E-state index contributed by atoms with van der Waals surface area (Å²) >= 11 is 0. The van der Waals surface area contributed by atoms with Crippen molar-refractivity contribution in [3.05, 3.63) is 81.9 Å². The number of nitriles is 1. The average Bonchev–Trinajstić information content (AvgIpc) is 3.15. The Morgan fingerprint density at radius 2 is 2.10 bits per heavy atom. The Bertz CT molecular complexity index is 1150. The van der Waals surface area contributed by atoms with Crippen molar-refractivity contribution in [1.82, 2.24) is 9.97 Å². The maximum Gasteiger partial charge on any atom is 0.331 e. The number of benzene rings is 2. The number of hydrogen-bond donors (Lipinski definition) is 2. The van der Waals surface area contributed by atoms with E-state index in [-0.39, 0.29) is 17.1 Å². The summed E-state index contributed by atoms with van der Waals surface area (Å²) in [4.78, 5) is 29.2. The van der Waals surface area contributed by atoms with Gasteiger partial charge in [0.15, 0.2) is 11.6 Å². The van der Waals surface area contributed by atoms with E-state index in [2.05, 4.69) is 9.97 Å². The maximum atomic E-state index is 11.8. The van der Waals surface area contributed by atoms with Gasteiger partial charge in [-0.25, -0.2) is 9.78 Å². The number of nitro groups is 1. The third-order valence-corrected chi connectivity index (χ3v) is 3.87. The summed E-state index contributed by atoms with van der Waals surface area (Å²) in [6.45, 7) is -0.530. The largest absolute Gasteiger partial charge is 0.507 e. The van der Waals surface area contributed by atoms with E-state index >= 15 is 0 Å². The van der Waals surface area contributed by atoms with Gasteiger partial charge in [-0.15, -0.1) is 0 Å². The Labute approximate surface area is 164 Å². The number of non-ortho nitro benzene ring substituents is 1. The van der Waals surface area contributed by atoms with Gasteiger partial charge in [0.25, 0.3) is 5.69 Å². The molecule has 0 amide bonds. The third-order valence-electron chi connectivity index (χ3n) is 3.87. The molecule has 3 aromatic rings. The van der Waals surface area contributed by atoms with E-state index in [1.54, 1.807) is 30.3 Å². The second-order valence-electron chi connectivity index (χ2n) is 5.83. The normalized spacial score (nSPS) is 11.8. The van der Waals surface area contributed by atoms with Crippen molar-refractivity contribution in [1.29, 1.82) is 5.26 Å². The number of aromatic nitrogens is 2. The molecular weight excluding hydrogens is 376 g/mol. The Morgan fingerprint density at radius 1 is 1.31 bits per heavy atom. The molecule has 3 rings (SSSR count). The Balaban J connectivity index is 1.68. The van der Waals surface area contributed by atoms with Crippen LogP contribution in [0, 0.1) is 21.4 Å². The molecular formula is C20H14N4O5. The zero-order valence-electron chi connectivity index (χ0n) is 14.9. The molecule has 9 nitrogen and oxygen atoms in total. The Kier molecular flexibility index (Phi) is 5.66. The van der Waals surface area contributed by atoms with E-state index in [0.717, 1.165) is 6.08 Å². The van der Waals surface area contributed by atoms with Gasteiger partial charge in [-0.2, -0.15) is 5.26 Å². The molecule has 9 heteroatoms. The fourth-order valence-corrected chi connectivity index (χ4v) is 2.49. The first-order valence-corrected chi connectivity index (χ1v) is 8.34. The summed E-state index contributed by atoms with van der Waals surface area (Å²) in [7, 11) is 0. The molecule has 0 aliphatic carbocycles. The predicted octanol–water partition coefficient (Wildman–Crippen LogP) is 3.52. The number of rotatable bonds is 6. The number of carbonyl (C=O) groups is 1. The number of aliphatic hydroxyl groups is 1. The maximum absolute atomic E-state index is 11.8. The third kappa shape index (κ3) is 4.64. The monoisotopic (exact) mass is 390 g/mol. The highest BCUT2D eigenvalue weighted by atomic mass is 16.6. The molecule has 0 bridgehead atoms. The molecule has 0 saturated carbocycles. The molecule has 0 saturated heterocycles. The van der Waals surface area contributed by atoms with Crippen molar-refractivity contribution in [3.8, 4) is 6.07 Å². The van der Waals surface area contributed by atoms with Crippen LogP contribution in [0.3, 0.4) is 0 Å². The molecule has 0 atom stereocenters. The van der Waals surface area contributed by atoms with Crippen molar-refractivity contribution in [2.75, 3.05) is 6.61 Å². The fraction of sp³-hybridized carbons (Fsp3) is 0.0500.